The van der Waals surface area contributed by atoms with Gasteiger partial charge in [-0.3, -0.25) is 10.7 Å². The number of aromatic amines is 1. The second kappa shape index (κ2) is 4.76. The predicted octanol–water partition coefficient (Wildman–Crippen LogP) is 0.518. The molecule has 0 fully saturated rings. The quantitative estimate of drug-likeness (QED) is 0.373. The first-order chi connectivity index (χ1) is 5.43. The van der Waals surface area contributed by atoms with Gasteiger partial charge in [0.1, 0.15) is 19.1 Å². The number of nitrogens with zero attached hydrogens (tertiary/aromatic N) is 1. The Morgan fingerprint density at radius 2 is 1.83 bits per heavy atom. The Labute approximate surface area is 66.3 Å². The lowest BCUT2D eigenvalue weighted by atomic mass is 10.3. The summed E-state index contributed by atoms with van der Waals surface area (Å²) in [5, 5.41) is 0. The van der Waals surface area contributed by atoms with Crippen molar-refractivity contribution in [3.63, 3.8) is 0 Å². The maximum Gasteiger partial charge on any atom is 0.673 e. The first kappa shape index (κ1) is 11.0. The molecule has 0 spiro atoms. The molecule has 0 amide bonds. The summed E-state index contributed by atoms with van der Waals surface area (Å²) in [6, 6.07) is 0. The van der Waals surface area contributed by atoms with E-state index < -0.39 is 7.25 Å². The molecule has 0 bridgehead atoms. The fourth-order valence-electron chi connectivity index (χ4n) is 0.434. The Balaban J connectivity index is 0.000000217. The van der Waals surface area contributed by atoms with Gasteiger partial charge in [0.05, 0.1) is 0 Å². The Bertz CT molecular complexity index is 191. The molecule has 0 saturated heterocycles. The van der Waals surface area contributed by atoms with Crippen LogP contribution in [0.1, 0.15) is 0 Å². The third-order valence-corrected chi connectivity index (χ3v) is 0.813. The van der Waals surface area contributed by atoms with Crippen LogP contribution in [0.15, 0.2) is 18.7 Å². The molecule has 0 aliphatic rings. The van der Waals surface area contributed by atoms with Crippen molar-refractivity contribution in [2.75, 3.05) is 0 Å². The third kappa shape index (κ3) is 8.95. The number of nitrogens with one attached hydrogen (secondary N) is 1. The SMILES string of the molecule is F[B-](F)(F)F.NC[n+]1cc[nH]c1. The van der Waals surface area contributed by atoms with Crippen LogP contribution in [-0.4, -0.2) is 12.2 Å². The molecule has 0 aliphatic carbocycles. The maximum absolute atomic E-state index is 9.75. The highest BCUT2D eigenvalue weighted by Crippen LogP contribution is 2.06. The molecule has 0 atom stereocenters. The fraction of sp³-hybridized carbons (Fsp3) is 0.250. The van der Waals surface area contributed by atoms with E-state index in [0.29, 0.717) is 6.67 Å². The summed E-state index contributed by atoms with van der Waals surface area (Å²) >= 11 is 0. The van der Waals surface area contributed by atoms with Crippen LogP contribution in [0, 0.1) is 0 Å². The van der Waals surface area contributed by atoms with Crippen molar-refractivity contribution in [1.29, 1.82) is 0 Å². The van der Waals surface area contributed by atoms with E-state index in [4.69, 9.17) is 5.73 Å². The molecular formula is C4H8BF4N3. The van der Waals surface area contributed by atoms with Crippen molar-refractivity contribution in [2.24, 2.45) is 5.73 Å². The van der Waals surface area contributed by atoms with E-state index in [1.807, 2.05) is 17.0 Å². The summed E-state index contributed by atoms with van der Waals surface area (Å²) in [5.74, 6) is 0. The largest absolute Gasteiger partial charge is 0.673 e. The Morgan fingerprint density at radius 3 is 2.00 bits per heavy atom. The number of hydrogen-bond donors (Lipinski definition) is 2. The lowest BCUT2D eigenvalue weighted by Gasteiger charge is -1.94. The number of imidazole rings is 1. The molecule has 8 heteroatoms. The van der Waals surface area contributed by atoms with E-state index in [2.05, 4.69) is 4.98 Å². The first-order valence-corrected chi connectivity index (χ1v) is 3.02. The van der Waals surface area contributed by atoms with Crippen molar-refractivity contribution in [3.8, 4) is 0 Å². The minimum absolute atomic E-state index is 0.545. The Kier molecular flexibility index (Phi) is 4.34. The molecule has 1 aromatic heterocycles. The van der Waals surface area contributed by atoms with Crippen LogP contribution in [-0.2, 0) is 6.67 Å². The number of H-pyrrole nitrogens is 1. The molecule has 0 saturated carbocycles. The van der Waals surface area contributed by atoms with Crippen molar-refractivity contribution < 1.29 is 21.8 Å². The van der Waals surface area contributed by atoms with Crippen LogP contribution in [0.3, 0.4) is 0 Å². The number of rotatable bonds is 1. The van der Waals surface area contributed by atoms with Crippen LogP contribution in [0.5, 0.6) is 0 Å². The molecule has 1 heterocycles. The lowest BCUT2D eigenvalue weighted by Crippen LogP contribution is -2.35. The normalized spacial score (nSPS) is 10.4. The van der Waals surface area contributed by atoms with Crippen molar-refractivity contribution in [2.45, 2.75) is 6.67 Å². The highest BCUT2D eigenvalue weighted by Gasteiger charge is 2.20. The van der Waals surface area contributed by atoms with Gasteiger partial charge in [0.2, 0.25) is 6.33 Å². The van der Waals surface area contributed by atoms with Crippen LogP contribution >= 0.6 is 0 Å². The average Bonchev–Trinajstić information content (AvgIpc) is 2.33. The smallest absolute Gasteiger partial charge is 0.418 e. The highest BCUT2D eigenvalue weighted by atomic mass is 19.5. The molecule has 0 aromatic carbocycles. The molecule has 3 nitrogen and oxygen atoms in total. The summed E-state index contributed by atoms with van der Waals surface area (Å²) in [6.07, 6.45) is 5.51. The highest BCUT2D eigenvalue weighted by molar-refractivity contribution is 6.50. The third-order valence-electron chi connectivity index (χ3n) is 0.813. The van der Waals surface area contributed by atoms with Crippen LogP contribution in [0.2, 0.25) is 0 Å². The van der Waals surface area contributed by atoms with E-state index in [9.17, 15) is 17.3 Å². The number of aromatic nitrogens is 2. The summed E-state index contributed by atoms with van der Waals surface area (Å²) in [5.41, 5.74) is 5.24. The monoisotopic (exact) mass is 185 g/mol. The number of hydrogen-bond acceptors (Lipinski definition) is 1. The van der Waals surface area contributed by atoms with Gasteiger partial charge in [-0.15, -0.1) is 0 Å². The molecule has 70 valence electrons. The van der Waals surface area contributed by atoms with Crippen LogP contribution < -0.4 is 10.3 Å². The minimum atomic E-state index is -6.00. The number of nitrogens with two attached hydrogens (primary N) is 1. The lowest BCUT2D eigenvalue weighted by molar-refractivity contribution is -0.694. The van der Waals surface area contributed by atoms with Crippen molar-refractivity contribution >= 4 is 7.25 Å². The van der Waals surface area contributed by atoms with E-state index >= 15 is 0 Å². The van der Waals surface area contributed by atoms with Gasteiger partial charge in [0.15, 0.2) is 0 Å². The van der Waals surface area contributed by atoms with Gasteiger partial charge in [0, 0.05) is 0 Å². The van der Waals surface area contributed by atoms with E-state index in [-0.39, 0.29) is 0 Å². The molecule has 3 N–H and O–H groups in total. The second-order valence-electron chi connectivity index (χ2n) is 1.80. The first-order valence-electron chi connectivity index (χ1n) is 3.02. The predicted molar refractivity (Wildman–Crippen MR) is 35.4 cm³/mol. The van der Waals surface area contributed by atoms with Gasteiger partial charge in [-0.2, -0.15) is 0 Å². The maximum atomic E-state index is 9.75. The fourth-order valence-corrected chi connectivity index (χ4v) is 0.434. The topological polar surface area (TPSA) is 45.7 Å². The Hall–Kier alpha value is -1.05. The van der Waals surface area contributed by atoms with E-state index in [1.165, 1.54) is 0 Å². The molecule has 1 aromatic rings. The van der Waals surface area contributed by atoms with Gasteiger partial charge in [0.25, 0.3) is 0 Å². The zero-order valence-corrected chi connectivity index (χ0v) is 6.05. The molecule has 12 heavy (non-hydrogen) atoms. The van der Waals surface area contributed by atoms with Crippen LogP contribution in [0.25, 0.3) is 0 Å². The van der Waals surface area contributed by atoms with Crippen molar-refractivity contribution in [3.05, 3.63) is 18.7 Å². The zero-order chi connectivity index (χ0) is 9.61. The summed E-state index contributed by atoms with van der Waals surface area (Å²) in [6.45, 7) is 0.545. The van der Waals surface area contributed by atoms with Gasteiger partial charge in [-0.05, 0) is 0 Å². The van der Waals surface area contributed by atoms with Gasteiger partial charge < -0.3 is 17.3 Å². The van der Waals surface area contributed by atoms with E-state index in [1.54, 1.807) is 6.33 Å². The summed E-state index contributed by atoms with van der Waals surface area (Å²) in [4.78, 5) is 2.86. The summed E-state index contributed by atoms with van der Waals surface area (Å²) in [7, 11) is -6.00. The van der Waals surface area contributed by atoms with Crippen molar-refractivity contribution in [1.82, 2.24) is 4.98 Å². The molecule has 1 rings (SSSR count). The van der Waals surface area contributed by atoms with Gasteiger partial charge >= 0.3 is 7.25 Å². The van der Waals surface area contributed by atoms with Crippen LogP contribution in [0.4, 0.5) is 17.3 Å². The number of halogens is 4. The second-order valence-corrected chi connectivity index (χ2v) is 1.80. The molecule has 0 unspecified atom stereocenters. The minimum Gasteiger partial charge on any atom is -0.418 e. The van der Waals surface area contributed by atoms with Gasteiger partial charge in [-0.25, -0.2) is 4.57 Å². The molecular weight excluding hydrogens is 177 g/mol. The Morgan fingerprint density at radius 1 is 1.33 bits per heavy atom. The standard InChI is InChI=1S/C4H7N3.BF4/c5-3-7-2-1-6-4-7;2-1(3,4)5/h1-2,4H,3,5H2;/q;-1/p+1. The average molecular weight is 185 g/mol. The molecule has 0 radical (unpaired) electrons. The summed E-state index contributed by atoms with van der Waals surface area (Å²) < 4.78 is 40.8. The van der Waals surface area contributed by atoms with E-state index in [0.717, 1.165) is 0 Å². The van der Waals surface area contributed by atoms with Gasteiger partial charge in [-0.1, -0.05) is 0 Å². The zero-order valence-electron chi connectivity index (χ0n) is 6.05. The molecule has 0 aliphatic heterocycles.